The molecule has 2 saturated heterocycles. The predicted molar refractivity (Wildman–Crippen MR) is 115 cm³/mol. The van der Waals surface area contributed by atoms with Crippen LogP contribution in [0.2, 0.25) is 0 Å². The topological polar surface area (TPSA) is 65.6 Å². The molecule has 0 atom stereocenters. The van der Waals surface area contributed by atoms with Crippen LogP contribution in [0.15, 0.2) is 6.07 Å². The monoisotopic (exact) mass is 392 g/mol. The van der Waals surface area contributed by atoms with Gasteiger partial charge < -0.3 is 25.2 Å². The van der Waals surface area contributed by atoms with E-state index in [1.54, 1.807) is 0 Å². The molecule has 0 aliphatic carbocycles. The van der Waals surface area contributed by atoms with Gasteiger partial charge in [-0.1, -0.05) is 26.7 Å². The lowest BCUT2D eigenvalue weighted by atomic mass is 10.2. The van der Waals surface area contributed by atoms with Crippen LogP contribution >= 0.6 is 12.2 Å². The number of hydrogen-bond donors (Lipinski definition) is 2. The highest BCUT2D eigenvalue weighted by Gasteiger charge is 2.19. The second-order valence-corrected chi connectivity index (χ2v) is 8.05. The highest BCUT2D eigenvalue weighted by Crippen LogP contribution is 2.24. The van der Waals surface area contributed by atoms with Gasteiger partial charge in [0.2, 0.25) is 5.95 Å². The van der Waals surface area contributed by atoms with Crippen LogP contribution in [-0.2, 0) is 4.74 Å². The van der Waals surface area contributed by atoms with Crippen molar-refractivity contribution in [3.05, 3.63) is 6.07 Å². The molecule has 0 spiro atoms. The van der Waals surface area contributed by atoms with Crippen molar-refractivity contribution in [2.24, 2.45) is 5.92 Å². The van der Waals surface area contributed by atoms with Gasteiger partial charge in [-0.2, -0.15) is 9.97 Å². The van der Waals surface area contributed by atoms with Crippen LogP contribution in [0.5, 0.6) is 0 Å². The minimum atomic E-state index is 0.526. The normalized spacial score (nSPS) is 18.3. The number of nitrogens with one attached hydrogen (secondary N) is 2. The molecule has 27 heavy (non-hydrogen) atoms. The van der Waals surface area contributed by atoms with Gasteiger partial charge in [-0.25, -0.2) is 0 Å². The maximum atomic E-state index is 5.49. The van der Waals surface area contributed by atoms with Crippen LogP contribution in [-0.4, -0.2) is 61.0 Å². The summed E-state index contributed by atoms with van der Waals surface area (Å²) in [6.07, 6.45) is 5.03. The Labute approximate surface area is 167 Å². The van der Waals surface area contributed by atoms with Crippen LogP contribution in [0.1, 0.15) is 39.5 Å². The van der Waals surface area contributed by atoms with Crippen LogP contribution < -0.4 is 20.4 Å². The predicted octanol–water partition coefficient (Wildman–Crippen LogP) is 2.64. The molecule has 0 saturated carbocycles. The molecular weight excluding hydrogens is 360 g/mol. The maximum Gasteiger partial charge on any atom is 0.232 e. The summed E-state index contributed by atoms with van der Waals surface area (Å²) < 4.78 is 5.49. The zero-order chi connectivity index (χ0) is 19.1. The minimum absolute atomic E-state index is 0.526. The number of nitrogens with zero attached hydrogens (tertiary/aromatic N) is 4. The first kappa shape index (κ1) is 20.1. The minimum Gasteiger partial charge on any atom is -0.378 e. The van der Waals surface area contributed by atoms with Crippen molar-refractivity contribution in [1.82, 2.24) is 15.3 Å². The molecule has 0 unspecified atom stereocenters. The fourth-order valence-corrected chi connectivity index (χ4v) is 3.51. The first-order chi connectivity index (χ1) is 13.1. The van der Waals surface area contributed by atoms with E-state index in [4.69, 9.17) is 26.9 Å². The van der Waals surface area contributed by atoms with Crippen LogP contribution in [0.25, 0.3) is 0 Å². The fourth-order valence-electron chi connectivity index (χ4n) is 3.34. The second kappa shape index (κ2) is 10.0. The number of thiocarbonyl (C=S) groups is 1. The van der Waals surface area contributed by atoms with Gasteiger partial charge in [-0.15, -0.1) is 0 Å². The zero-order valence-corrected chi connectivity index (χ0v) is 17.4. The van der Waals surface area contributed by atoms with Crippen molar-refractivity contribution in [3.63, 3.8) is 0 Å². The first-order valence-electron chi connectivity index (χ1n) is 10.1. The van der Waals surface area contributed by atoms with Crippen LogP contribution in [0.4, 0.5) is 17.6 Å². The van der Waals surface area contributed by atoms with Crippen molar-refractivity contribution in [2.75, 3.05) is 61.1 Å². The average Bonchev–Trinajstić information content (AvgIpc) is 2.96. The summed E-state index contributed by atoms with van der Waals surface area (Å²) in [5, 5.41) is 6.99. The molecule has 3 rings (SSSR count). The lowest BCUT2D eigenvalue weighted by Crippen LogP contribution is -2.37. The highest BCUT2D eigenvalue weighted by atomic mass is 32.1. The van der Waals surface area contributed by atoms with Gasteiger partial charge >= 0.3 is 0 Å². The summed E-state index contributed by atoms with van der Waals surface area (Å²) in [6.45, 7) is 10.4. The van der Waals surface area contributed by atoms with E-state index in [9.17, 15) is 0 Å². The summed E-state index contributed by atoms with van der Waals surface area (Å²) in [4.78, 5) is 14.2. The SMILES string of the molecule is CC(C)CNC(=S)Nc1nc(N2CCCCCC2)cc(N2CCOCC2)n1. The molecule has 2 N–H and O–H groups in total. The van der Waals surface area contributed by atoms with Gasteiger partial charge in [0.15, 0.2) is 5.11 Å². The lowest BCUT2D eigenvalue weighted by molar-refractivity contribution is 0.122. The smallest absolute Gasteiger partial charge is 0.232 e. The molecule has 0 radical (unpaired) electrons. The summed E-state index contributed by atoms with van der Waals surface area (Å²) in [7, 11) is 0. The zero-order valence-electron chi connectivity index (χ0n) is 16.5. The largest absolute Gasteiger partial charge is 0.378 e. The molecular formula is C19H32N6OS. The third-order valence-electron chi connectivity index (χ3n) is 4.86. The van der Waals surface area contributed by atoms with E-state index in [0.29, 0.717) is 17.0 Å². The Kier molecular flexibility index (Phi) is 7.46. The summed E-state index contributed by atoms with van der Waals surface area (Å²) in [5.41, 5.74) is 0. The number of hydrogen-bond acceptors (Lipinski definition) is 6. The average molecular weight is 393 g/mol. The van der Waals surface area contributed by atoms with E-state index in [-0.39, 0.29) is 0 Å². The number of rotatable bonds is 5. The van der Waals surface area contributed by atoms with Gasteiger partial charge in [-0.3, -0.25) is 0 Å². The Morgan fingerprint density at radius 3 is 2.22 bits per heavy atom. The van der Waals surface area contributed by atoms with E-state index in [2.05, 4.69) is 40.3 Å². The number of aromatic nitrogens is 2. The fraction of sp³-hybridized carbons (Fsp3) is 0.737. The Balaban J connectivity index is 1.79. The van der Waals surface area contributed by atoms with Gasteiger partial charge in [-0.05, 0) is 31.0 Å². The van der Waals surface area contributed by atoms with Crippen molar-refractivity contribution in [3.8, 4) is 0 Å². The third kappa shape index (κ3) is 6.17. The Hall–Kier alpha value is -1.67. The summed E-state index contributed by atoms with van der Waals surface area (Å²) in [5.74, 6) is 3.03. The molecule has 7 nitrogen and oxygen atoms in total. The molecule has 8 heteroatoms. The molecule has 0 amide bonds. The molecule has 2 aliphatic heterocycles. The number of morpholine rings is 1. The maximum absolute atomic E-state index is 5.49. The van der Waals surface area contributed by atoms with E-state index >= 15 is 0 Å². The van der Waals surface area contributed by atoms with E-state index in [0.717, 1.165) is 57.6 Å². The molecule has 2 fully saturated rings. The molecule has 0 aromatic carbocycles. The highest BCUT2D eigenvalue weighted by molar-refractivity contribution is 7.80. The third-order valence-corrected chi connectivity index (χ3v) is 5.11. The molecule has 2 aliphatic rings. The molecule has 3 heterocycles. The Bertz CT molecular complexity index is 612. The van der Waals surface area contributed by atoms with E-state index < -0.39 is 0 Å². The van der Waals surface area contributed by atoms with Gasteiger partial charge in [0.1, 0.15) is 11.6 Å². The quantitative estimate of drug-likeness (QED) is 0.742. The van der Waals surface area contributed by atoms with E-state index in [1.165, 1.54) is 25.7 Å². The molecule has 1 aromatic rings. The van der Waals surface area contributed by atoms with Crippen molar-refractivity contribution >= 4 is 34.9 Å². The van der Waals surface area contributed by atoms with Crippen LogP contribution in [0.3, 0.4) is 0 Å². The van der Waals surface area contributed by atoms with E-state index in [1.807, 2.05) is 0 Å². The van der Waals surface area contributed by atoms with Crippen LogP contribution in [0, 0.1) is 5.92 Å². The summed E-state index contributed by atoms with van der Waals surface area (Å²) in [6, 6.07) is 2.12. The van der Waals surface area contributed by atoms with Gasteiger partial charge in [0.05, 0.1) is 13.2 Å². The van der Waals surface area contributed by atoms with Crippen molar-refractivity contribution < 1.29 is 4.74 Å². The molecule has 0 bridgehead atoms. The molecule has 150 valence electrons. The Morgan fingerprint density at radius 2 is 1.63 bits per heavy atom. The van der Waals surface area contributed by atoms with Crippen molar-refractivity contribution in [2.45, 2.75) is 39.5 Å². The summed E-state index contributed by atoms with van der Waals surface area (Å²) >= 11 is 5.43. The van der Waals surface area contributed by atoms with Gasteiger partial charge in [0, 0.05) is 38.8 Å². The standard InChI is InChI=1S/C19H32N6OS/c1-15(2)14-20-19(27)23-18-21-16(24-7-5-3-4-6-8-24)13-17(22-18)25-9-11-26-12-10-25/h13,15H,3-12,14H2,1-2H3,(H2,20,21,22,23,27). The first-order valence-corrected chi connectivity index (χ1v) is 10.5. The number of ether oxygens (including phenoxy) is 1. The van der Waals surface area contributed by atoms with Crippen molar-refractivity contribution in [1.29, 1.82) is 0 Å². The number of anilines is 3. The second-order valence-electron chi connectivity index (χ2n) is 7.64. The molecule has 1 aromatic heterocycles. The van der Waals surface area contributed by atoms with Gasteiger partial charge in [0.25, 0.3) is 0 Å². The Morgan fingerprint density at radius 1 is 1.04 bits per heavy atom. The lowest BCUT2D eigenvalue weighted by Gasteiger charge is -2.29.